The number of nitrogens with zero attached hydrogens (tertiary/aromatic N) is 1. The Morgan fingerprint density at radius 2 is 2.26 bits per heavy atom. The molecule has 4 atom stereocenters. The molecule has 1 saturated heterocycles. The minimum absolute atomic E-state index is 0.146. The predicted octanol–water partition coefficient (Wildman–Crippen LogP) is -1.44. The number of aliphatic hydroxyl groups is 2. The lowest BCUT2D eigenvalue weighted by molar-refractivity contribution is -0.0626. The summed E-state index contributed by atoms with van der Waals surface area (Å²) in [4.78, 5) is 25.1. The first-order valence-electron chi connectivity index (χ1n) is 5.47. The molecule has 0 spiro atoms. The molecule has 9 heteroatoms. The second-order valence-corrected chi connectivity index (χ2v) is 4.94. The van der Waals surface area contributed by atoms with E-state index in [0.29, 0.717) is 0 Å². The molecule has 0 bridgehead atoms. The molecule has 1 aromatic rings. The van der Waals surface area contributed by atoms with Gasteiger partial charge in [0.2, 0.25) is 0 Å². The van der Waals surface area contributed by atoms with Gasteiger partial charge in [-0.1, -0.05) is 0 Å². The molecule has 1 aliphatic rings. The Kier molecular flexibility index (Phi) is 4.21. The zero-order chi connectivity index (χ0) is 14.2. The molecule has 0 amide bonds. The summed E-state index contributed by atoms with van der Waals surface area (Å²) in [6.07, 6.45) is -2.43. The van der Waals surface area contributed by atoms with Crippen molar-refractivity contribution in [1.29, 1.82) is 0 Å². The van der Waals surface area contributed by atoms with Crippen LogP contribution in [0.1, 0.15) is 6.23 Å². The van der Waals surface area contributed by atoms with Gasteiger partial charge in [0.1, 0.15) is 18.3 Å². The number of ether oxygens (including phenoxy) is 2. The van der Waals surface area contributed by atoms with Gasteiger partial charge in [-0.3, -0.25) is 14.3 Å². The molecule has 3 N–H and O–H groups in total. The number of rotatable bonds is 3. The Balaban J connectivity index is 2.44. The Hall–Kier alpha value is -1.00. The van der Waals surface area contributed by atoms with Crippen molar-refractivity contribution in [3.63, 3.8) is 0 Å². The number of methoxy groups -OCH3 is 1. The summed E-state index contributed by atoms with van der Waals surface area (Å²) < 4.78 is 11.7. The molecule has 1 aliphatic heterocycles. The van der Waals surface area contributed by atoms with Gasteiger partial charge >= 0.3 is 5.69 Å². The summed E-state index contributed by atoms with van der Waals surface area (Å²) in [6, 6.07) is 0. The third kappa shape index (κ3) is 2.51. The average Bonchev–Trinajstić information content (AvgIpc) is 2.70. The molecule has 0 aromatic carbocycles. The van der Waals surface area contributed by atoms with Crippen molar-refractivity contribution in [3.8, 4) is 0 Å². The Morgan fingerprint density at radius 1 is 1.58 bits per heavy atom. The molecule has 1 fully saturated rings. The second-order valence-electron chi connectivity index (χ2n) is 4.08. The molecule has 0 aliphatic carbocycles. The minimum atomic E-state index is -1.07. The van der Waals surface area contributed by atoms with Crippen molar-refractivity contribution in [2.45, 2.75) is 24.5 Å². The van der Waals surface area contributed by atoms with Gasteiger partial charge in [-0.05, 0) is 15.9 Å². The lowest BCUT2D eigenvalue weighted by atomic mass is 10.1. The number of H-pyrrole nitrogens is 1. The van der Waals surface area contributed by atoms with Crippen molar-refractivity contribution in [2.24, 2.45) is 0 Å². The van der Waals surface area contributed by atoms with Crippen LogP contribution in [0, 0.1) is 0 Å². The van der Waals surface area contributed by atoms with Crippen LogP contribution in [0.2, 0.25) is 0 Å². The highest BCUT2D eigenvalue weighted by molar-refractivity contribution is 9.10. The SMILES string of the molecule is CO[C@H]1C(O)[C@@H](CO)O[C@H]1n1cc(Br)c(=O)[nH]c1=O. The van der Waals surface area contributed by atoms with Gasteiger partial charge in [0, 0.05) is 13.3 Å². The molecule has 19 heavy (non-hydrogen) atoms. The summed E-state index contributed by atoms with van der Waals surface area (Å²) in [5.74, 6) is 0. The number of aromatic nitrogens is 2. The van der Waals surface area contributed by atoms with E-state index in [1.165, 1.54) is 13.3 Å². The molecule has 106 valence electrons. The number of aliphatic hydroxyl groups excluding tert-OH is 2. The summed E-state index contributed by atoms with van der Waals surface area (Å²) in [5, 5.41) is 19.0. The van der Waals surface area contributed by atoms with Gasteiger partial charge in [0.05, 0.1) is 11.1 Å². The number of halogens is 1. The highest BCUT2D eigenvalue weighted by atomic mass is 79.9. The molecular formula is C10H13BrN2O6. The largest absolute Gasteiger partial charge is 0.394 e. The maximum absolute atomic E-state index is 11.7. The van der Waals surface area contributed by atoms with Crippen LogP contribution in [0.25, 0.3) is 0 Å². The van der Waals surface area contributed by atoms with Crippen molar-refractivity contribution >= 4 is 15.9 Å². The van der Waals surface area contributed by atoms with Gasteiger partial charge < -0.3 is 19.7 Å². The monoisotopic (exact) mass is 336 g/mol. The topological polar surface area (TPSA) is 114 Å². The molecular weight excluding hydrogens is 324 g/mol. The highest BCUT2D eigenvalue weighted by Crippen LogP contribution is 2.30. The van der Waals surface area contributed by atoms with Gasteiger partial charge in [0.25, 0.3) is 5.56 Å². The average molecular weight is 337 g/mol. The van der Waals surface area contributed by atoms with Gasteiger partial charge in [-0.2, -0.15) is 0 Å². The summed E-state index contributed by atoms with van der Waals surface area (Å²) >= 11 is 3.00. The Bertz CT molecular complexity index is 570. The highest BCUT2D eigenvalue weighted by Gasteiger charge is 2.45. The summed E-state index contributed by atoms with van der Waals surface area (Å²) in [7, 11) is 1.36. The lowest BCUT2D eigenvalue weighted by Gasteiger charge is -2.20. The zero-order valence-electron chi connectivity index (χ0n) is 9.95. The standard InChI is InChI=1S/C10H13BrN2O6/c1-18-7-6(15)5(3-14)19-9(7)13-2-4(11)8(16)12-10(13)17/h2,5-7,9,14-15H,3H2,1H3,(H,12,16,17)/t5-,6?,7+,9-/m1/s1. The van der Waals surface area contributed by atoms with Gasteiger partial charge in [0.15, 0.2) is 6.23 Å². The molecule has 0 radical (unpaired) electrons. The normalized spacial score (nSPS) is 30.7. The first kappa shape index (κ1) is 14.4. The fourth-order valence-electron chi connectivity index (χ4n) is 2.00. The van der Waals surface area contributed by atoms with E-state index >= 15 is 0 Å². The fraction of sp³-hybridized carbons (Fsp3) is 0.600. The zero-order valence-corrected chi connectivity index (χ0v) is 11.5. The fourth-order valence-corrected chi connectivity index (χ4v) is 2.32. The minimum Gasteiger partial charge on any atom is -0.394 e. The number of aromatic amines is 1. The van der Waals surface area contributed by atoms with Crippen LogP contribution in [0.4, 0.5) is 0 Å². The van der Waals surface area contributed by atoms with E-state index in [1.54, 1.807) is 0 Å². The molecule has 0 saturated carbocycles. The van der Waals surface area contributed by atoms with Crippen molar-refractivity contribution in [3.05, 3.63) is 31.5 Å². The van der Waals surface area contributed by atoms with E-state index in [0.717, 1.165) is 4.57 Å². The summed E-state index contributed by atoms with van der Waals surface area (Å²) in [5.41, 5.74) is -1.25. The van der Waals surface area contributed by atoms with Gasteiger partial charge in [-0.25, -0.2) is 4.79 Å². The van der Waals surface area contributed by atoms with Crippen LogP contribution < -0.4 is 11.2 Å². The quantitative estimate of drug-likeness (QED) is 0.623. The van der Waals surface area contributed by atoms with Crippen LogP contribution in [0.15, 0.2) is 20.3 Å². The molecule has 1 aromatic heterocycles. The second kappa shape index (κ2) is 5.55. The van der Waals surface area contributed by atoms with E-state index < -0.39 is 42.4 Å². The maximum Gasteiger partial charge on any atom is 0.330 e. The van der Waals surface area contributed by atoms with E-state index in [1.807, 2.05) is 0 Å². The molecule has 2 heterocycles. The number of hydrogen-bond donors (Lipinski definition) is 3. The number of nitrogens with one attached hydrogen (secondary N) is 1. The Morgan fingerprint density at radius 3 is 2.84 bits per heavy atom. The van der Waals surface area contributed by atoms with Crippen LogP contribution in [0.3, 0.4) is 0 Å². The summed E-state index contributed by atoms with van der Waals surface area (Å²) in [6.45, 7) is -0.406. The van der Waals surface area contributed by atoms with Crippen LogP contribution in [-0.2, 0) is 9.47 Å². The number of hydrogen-bond acceptors (Lipinski definition) is 6. The van der Waals surface area contributed by atoms with E-state index in [2.05, 4.69) is 20.9 Å². The van der Waals surface area contributed by atoms with Crippen molar-refractivity contribution < 1.29 is 19.7 Å². The van der Waals surface area contributed by atoms with Crippen molar-refractivity contribution in [2.75, 3.05) is 13.7 Å². The van der Waals surface area contributed by atoms with E-state index in [4.69, 9.17) is 14.6 Å². The molecule has 8 nitrogen and oxygen atoms in total. The third-order valence-electron chi connectivity index (χ3n) is 2.96. The molecule has 2 rings (SSSR count). The first-order chi connectivity index (χ1) is 8.99. The van der Waals surface area contributed by atoms with Crippen LogP contribution in [0.5, 0.6) is 0 Å². The first-order valence-corrected chi connectivity index (χ1v) is 6.27. The van der Waals surface area contributed by atoms with Crippen LogP contribution >= 0.6 is 15.9 Å². The lowest BCUT2D eigenvalue weighted by Crippen LogP contribution is -2.39. The van der Waals surface area contributed by atoms with E-state index in [-0.39, 0.29) is 4.47 Å². The molecule has 1 unspecified atom stereocenters. The van der Waals surface area contributed by atoms with Crippen LogP contribution in [-0.4, -0.2) is 51.8 Å². The van der Waals surface area contributed by atoms with Crippen molar-refractivity contribution in [1.82, 2.24) is 9.55 Å². The smallest absolute Gasteiger partial charge is 0.330 e. The predicted molar refractivity (Wildman–Crippen MR) is 66.8 cm³/mol. The maximum atomic E-state index is 11.7. The third-order valence-corrected chi connectivity index (χ3v) is 3.53. The van der Waals surface area contributed by atoms with Gasteiger partial charge in [-0.15, -0.1) is 0 Å². The van der Waals surface area contributed by atoms with E-state index in [9.17, 15) is 14.7 Å². The Labute approximate surface area is 115 Å².